The van der Waals surface area contributed by atoms with Gasteiger partial charge >= 0.3 is 5.69 Å². The molecule has 0 saturated carbocycles. The minimum absolute atomic E-state index is 0.0296. The molecule has 0 atom stereocenters. The van der Waals surface area contributed by atoms with Crippen LogP contribution in [0.25, 0.3) is 0 Å². The summed E-state index contributed by atoms with van der Waals surface area (Å²) in [7, 11) is 0. The highest BCUT2D eigenvalue weighted by Gasteiger charge is 2.42. The molecule has 5 heterocycles. The Kier molecular flexibility index (Phi) is 5.28. The second kappa shape index (κ2) is 8.23. The lowest BCUT2D eigenvalue weighted by Gasteiger charge is -2.38. The number of piperazine rings is 1. The lowest BCUT2D eigenvalue weighted by Crippen LogP contribution is -2.48. The predicted octanol–water partition coefficient (Wildman–Crippen LogP) is 1.45. The summed E-state index contributed by atoms with van der Waals surface area (Å²) in [5.74, 6) is 1.13. The molecule has 3 aliphatic heterocycles. The van der Waals surface area contributed by atoms with E-state index < -0.39 is 5.79 Å². The molecule has 0 radical (unpaired) electrons. The number of rotatable bonds is 4. The van der Waals surface area contributed by atoms with Crippen LogP contribution in [0.4, 0.5) is 23.1 Å². The number of pyridine rings is 1. The van der Waals surface area contributed by atoms with Crippen LogP contribution in [-0.4, -0.2) is 78.1 Å². The van der Waals surface area contributed by atoms with Crippen LogP contribution < -0.4 is 14.7 Å². The third-order valence-electron chi connectivity index (χ3n) is 6.16. The highest BCUT2D eigenvalue weighted by Crippen LogP contribution is 2.38. The Hall–Kier alpha value is -3.05. The quantitative estimate of drug-likeness (QED) is 0.525. The Morgan fingerprint density at radius 3 is 2.06 bits per heavy atom. The van der Waals surface area contributed by atoms with Crippen LogP contribution in [-0.2, 0) is 9.47 Å². The van der Waals surface area contributed by atoms with E-state index in [9.17, 15) is 10.1 Å². The minimum atomic E-state index is -0.539. The van der Waals surface area contributed by atoms with Crippen molar-refractivity contribution in [3.63, 3.8) is 0 Å². The maximum atomic E-state index is 12.1. The molecule has 0 unspecified atom stereocenters. The minimum Gasteiger partial charge on any atom is -0.353 e. The molecule has 3 fully saturated rings. The second-order valence-corrected chi connectivity index (χ2v) is 7.88. The van der Waals surface area contributed by atoms with Crippen molar-refractivity contribution < 1.29 is 14.4 Å². The van der Waals surface area contributed by atoms with Crippen molar-refractivity contribution in [3.05, 3.63) is 40.8 Å². The maximum absolute atomic E-state index is 12.1. The zero-order valence-corrected chi connectivity index (χ0v) is 17.2. The Balaban J connectivity index is 1.34. The molecule has 0 bridgehead atoms. The van der Waals surface area contributed by atoms with E-state index in [1.807, 2.05) is 28.0 Å². The largest absolute Gasteiger partial charge is 0.353 e. The topological polar surface area (TPSA) is 110 Å². The van der Waals surface area contributed by atoms with Gasteiger partial charge in [-0.1, -0.05) is 6.07 Å². The molecule has 2 aromatic heterocycles. The van der Waals surface area contributed by atoms with E-state index in [0.29, 0.717) is 77.0 Å². The van der Waals surface area contributed by atoms with Crippen LogP contribution in [0.1, 0.15) is 12.8 Å². The molecule has 11 heteroatoms. The van der Waals surface area contributed by atoms with Gasteiger partial charge in [0.05, 0.1) is 18.1 Å². The number of ether oxygens (including phenoxy) is 2. The highest BCUT2D eigenvalue weighted by molar-refractivity contribution is 5.71. The van der Waals surface area contributed by atoms with Crippen LogP contribution >= 0.6 is 0 Å². The molecule has 0 amide bonds. The Bertz CT molecular complexity index is 920. The fourth-order valence-corrected chi connectivity index (χ4v) is 4.52. The molecule has 3 saturated heterocycles. The van der Waals surface area contributed by atoms with Gasteiger partial charge in [0.25, 0.3) is 0 Å². The highest BCUT2D eigenvalue weighted by atomic mass is 16.7. The van der Waals surface area contributed by atoms with E-state index in [1.165, 1.54) is 6.33 Å². The van der Waals surface area contributed by atoms with Crippen LogP contribution in [0.5, 0.6) is 0 Å². The second-order valence-electron chi connectivity index (χ2n) is 7.88. The Morgan fingerprint density at radius 2 is 1.48 bits per heavy atom. The van der Waals surface area contributed by atoms with E-state index in [-0.39, 0.29) is 10.6 Å². The van der Waals surface area contributed by atoms with Crippen molar-refractivity contribution in [2.75, 3.05) is 67.2 Å². The van der Waals surface area contributed by atoms with Gasteiger partial charge in [0.2, 0.25) is 11.6 Å². The first kappa shape index (κ1) is 19.9. The zero-order valence-electron chi connectivity index (χ0n) is 17.2. The molecule has 11 nitrogen and oxygen atoms in total. The Morgan fingerprint density at radius 1 is 0.871 bits per heavy atom. The molecule has 2 aromatic rings. The first-order chi connectivity index (χ1) is 15.2. The fourth-order valence-electron chi connectivity index (χ4n) is 4.52. The zero-order chi connectivity index (χ0) is 21.3. The first-order valence-electron chi connectivity index (χ1n) is 10.6. The summed E-state index contributed by atoms with van der Waals surface area (Å²) in [5.41, 5.74) is -0.0296. The molecule has 31 heavy (non-hydrogen) atoms. The molecule has 1 spiro atoms. The normalized spacial score (nSPS) is 21.0. The van der Waals surface area contributed by atoms with Crippen LogP contribution in [0.15, 0.2) is 30.7 Å². The van der Waals surface area contributed by atoms with Gasteiger partial charge in [-0.15, -0.1) is 0 Å². The third-order valence-corrected chi connectivity index (χ3v) is 6.16. The summed E-state index contributed by atoms with van der Waals surface area (Å²) in [4.78, 5) is 30.8. The summed E-state index contributed by atoms with van der Waals surface area (Å²) in [5, 5.41) is 12.1. The third kappa shape index (κ3) is 3.86. The molecular weight excluding hydrogens is 402 g/mol. The van der Waals surface area contributed by atoms with Crippen molar-refractivity contribution in [2.24, 2.45) is 0 Å². The summed E-state index contributed by atoms with van der Waals surface area (Å²) >= 11 is 0. The fraction of sp³-hybridized carbons (Fsp3) is 0.550. The average molecular weight is 427 g/mol. The van der Waals surface area contributed by atoms with Gasteiger partial charge in [-0.2, -0.15) is 0 Å². The first-order valence-corrected chi connectivity index (χ1v) is 10.6. The number of anilines is 3. The molecule has 0 aliphatic carbocycles. The molecule has 5 rings (SSSR count). The SMILES string of the molecule is O=[N+]([O-])c1c(N2CCN(c3ccccn3)CC2)ncnc1N1CCC2(CC1)OCCO2. The molecule has 0 N–H and O–H groups in total. The van der Waals surface area contributed by atoms with Gasteiger partial charge in [-0.25, -0.2) is 15.0 Å². The molecule has 0 aromatic carbocycles. The van der Waals surface area contributed by atoms with E-state index >= 15 is 0 Å². The monoisotopic (exact) mass is 427 g/mol. The van der Waals surface area contributed by atoms with E-state index in [0.717, 1.165) is 5.82 Å². The van der Waals surface area contributed by atoms with E-state index in [1.54, 1.807) is 6.20 Å². The number of aromatic nitrogens is 3. The van der Waals surface area contributed by atoms with Crippen molar-refractivity contribution in [1.82, 2.24) is 15.0 Å². The van der Waals surface area contributed by atoms with Gasteiger partial charge in [0.1, 0.15) is 12.1 Å². The van der Waals surface area contributed by atoms with Crippen LogP contribution in [0.2, 0.25) is 0 Å². The smallest absolute Gasteiger partial charge is 0.353 e. The summed E-state index contributed by atoms with van der Waals surface area (Å²) in [6.45, 7) is 5.06. The molecule has 3 aliphatic rings. The summed E-state index contributed by atoms with van der Waals surface area (Å²) in [6, 6.07) is 5.82. The summed E-state index contributed by atoms with van der Waals surface area (Å²) < 4.78 is 11.6. The summed E-state index contributed by atoms with van der Waals surface area (Å²) in [6.07, 6.45) is 4.52. The van der Waals surface area contributed by atoms with Gasteiger partial charge in [-0.3, -0.25) is 10.1 Å². The van der Waals surface area contributed by atoms with Gasteiger partial charge in [0.15, 0.2) is 5.79 Å². The van der Waals surface area contributed by atoms with Crippen LogP contribution in [0.3, 0.4) is 0 Å². The Labute approximate surface area is 179 Å². The average Bonchev–Trinajstić information content (AvgIpc) is 3.27. The van der Waals surface area contributed by atoms with Crippen molar-refractivity contribution in [3.8, 4) is 0 Å². The lowest BCUT2D eigenvalue weighted by molar-refractivity contribution is -0.383. The van der Waals surface area contributed by atoms with Crippen molar-refractivity contribution >= 4 is 23.1 Å². The maximum Gasteiger partial charge on any atom is 0.353 e. The number of piperidine rings is 1. The lowest BCUT2D eigenvalue weighted by atomic mass is 10.0. The van der Waals surface area contributed by atoms with E-state index in [2.05, 4.69) is 19.9 Å². The van der Waals surface area contributed by atoms with Gasteiger partial charge in [0, 0.05) is 58.3 Å². The number of hydrogen-bond donors (Lipinski definition) is 0. The molecule has 164 valence electrons. The predicted molar refractivity (Wildman–Crippen MR) is 113 cm³/mol. The standard InChI is InChI=1S/C20H25N7O4/c28-27(29)17-18(25-7-4-20(5-8-25)30-13-14-31-20)22-15-23-19(17)26-11-9-24(10-12-26)16-3-1-2-6-21-16/h1-3,6,15H,4-5,7-14H2. The van der Waals surface area contributed by atoms with Crippen LogP contribution in [0, 0.1) is 10.1 Å². The van der Waals surface area contributed by atoms with Crippen molar-refractivity contribution in [1.29, 1.82) is 0 Å². The number of hydrogen-bond acceptors (Lipinski definition) is 10. The van der Waals surface area contributed by atoms with E-state index in [4.69, 9.17) is 9.47 Å². The number of nitrogens with zero attached hydrogens (tertiary/aromatic N) is 7. The van der Waals surface area contributed by atoms with Gasteiger partial charge in [-0.05, 0) is 12.1 Å². The number of nitro groups is 1. The van der Waals surface area contributed by atoms with Gasteiger partial charge < -0.3 is 24.2 Å². The molecular formula is C20H25N7O4. The van der Waals surface area contributed by atoms with Crippen molar-refractivity contribution in [2.45, 2.75) is 18.6 Å².